The van der Waals surface area contributed by atoms with E-state index in [1.54, 1.807) is 43.4 Å². The molecule has 4 rings (SSSR count). The van der Waals surface area contributed by atoms with Crippen molar-refractivity contribution in [3.8, 4) is 16.9 Å². The lowest BCUT2D eigenvalue weighted by molar-refractivity contribution is -0.138. The van der Waals surface area contributed by atoms with Crippen LogP contribution < -0.4 is 4.74 Å². The smallest absolute Gasteiger partial charge is 0.247 e. The van der Waals surface area contributed by atoms with Crippen molar-refractivity contribution in [1.29, 1.82) is 0 Å². The van der Waals surface area contributed by atoms with E-state index in [0.29, 0.717) is 6.54 Å². The molecule has 1 amide bonds. The largest absolute Gasteiger partial charge is 0.487 e. The van der Waals surface area contributed by atoms with Gasteiger partial charge in [0.05, 0.1) is 13.2 Å². The van der Waals surface area contributed by atoms with Crippen molar-refractivity contribution in [2.45, 2.75) is 50.2 Å². The number of nitrogens with zero attached hydrogens (tertiary/aromatic N) is 4. The van der Waals surface area contributed by atoms with Gasteiger partial charge in [0, 0.05) is 49.4 Å². The fourth-order valence-electron chi connectivity index (χ4n) is 4.40. The zero-order valence-corrected chi connectivity index (χ0v) is 20.6. The molecule has 2 aromatic rings. The number of sulfonamides is 1. The Morgan fingerprint density at radius 2 is 1.97 bits per heavy atom. The molecule has 10 heteroatoms. The van der Waals surface area contributed by atoms with Gasteiger partial charge in [-0.05, 0) is 37.5 Å². The second-order valence-electron chi connectivity index (χ2n) is 9.38. The lowest BCUT2D eigenvalue weighted by atomic mass is 9.84. The number of aromatic nitrogens is 2. The fraction of sp³-hybridized carbons (Fsp3) is 0.542. The third-order valence-electron chi connectivity index (χ3n) is 6.85. The van der Waals surface area contributed by atoms with Gasteiger partial charge in [-0.2, -0.15) is 4.31 Å². The molecule has 2 heterocycles. The number of fused-ring (bicyclic) bond motifs is 1. The predicted molar refractivity (Wildman–Crippen MR) is 126 cm³/mol. The van der Waals surface area contributed by atoms with Crippen LogP contribution in [-0.4, -0.2) is 77.5 Å². The van der Waals surface area contributed by atoms with Gasteiger partial charge < -0.3 is 14.7 Å². The third-order valence-corrected chi connectivity index (χ3v) is 8.86. The summed E-state index contributed by atoms with van der Waals surface area (Å²) < 4.78 is 34.9. The zero-order valence-electron chi connectivity index (χ0n) is 19.8. The molecular weight excluding hydrogens is 456 g/mol. The molecule has 1 N–H and O–H groups in total. The summed E-state index contributed by atoms with van der Waals surface area (Å²) in [6.45, 7) is 3.82. The monoisotopic (exact) mass is 488 g/mol. The number of hydrogen-bond acceptors (Lipinski definition) is 7. The van der Waals surface area contributed by atoms with E-state index in [1.165, 1.54) is 16.7 Å². The van der Waals surface area contributed by atoms with E-state index in [0.717, 1.165) is 30.4 Å². The van der Waals surface area contributed by atoms with Crippen molar-refractivity contribution in [2.24, 2.45) is 11.8 Å². The highest BCUT2D eigenvalue weighted by Gasteiger charge is 2.39. The van der Waals surface area contributed by atoms with Gasteiger partial charge in [0.15, 0.2) is 0 Å². The van der Waals surface area contributed by atoms with Crippen LogP contribution in [0, 0.1) is 11.8 Å². The first-order valence-electron chi connectivity index (χ1n) is 11.7. The Kier molecular flexibility index (Phi) is 7.20. The van der Waals surface area contributed by atoms with Crippen LogP contribution in [0.15, 0.2) is 41.8 Å². The topological polar surface area (TPSA) is 113 Å². The van der Waals surface area contributed by atoms with Gasteiger partial charge in [0.25, 0.3) is 0 Å². The summed E-state index contributed by atoms with van der Waals surface area (Å²) in [6.07, 6.45) is 7.20. The number of carbonyl (C=O) groups excluding carboxylic acids is 1. The molecule has 34 heavy (non-hydrogen) atoms. The average molecular weight is 489 g/mol. The van der Waals surface area contributed by atoms with Gasteiger partial charge in [0.1, 0.15) is 23.1 Å². The molecule has 0 spiro atoms. The highest BCUT2D eigenvalue weighted by Crippen LogP contribution is 2.36. The van der Waals surface area contributed by atoms with Gasteiger partial charge in [-0.15, -0.1) is 0 Å². The molecule has 1 aliphatic heterocycles. The van der Waals surface area contributed by atoms with Crippen LogP contribution in [0.5, 0.6) is 5.75 Å². The number of aliphatic hydroxyl groups is 1. The van der Waals surface area contributed by atoms with Crippen LogP contribution in [0.2, 0.25) is 0 Å². The maximum atomic E-state index is 13.6. The second kappa shape index (κ2) is 9.97. The van der Waals surface area contributed by atoms with E-state index in [-0.39, 0.29) is 41.5 Å². The highest BCUT2D eigenvalue weighted by molar-refractivity contribution is 7.89. The lowest BCUT2D eigenvalue weighted by Gasteiger charge is -2.38. The third kappa shape index (κ3) is 4.80. The van der Waals surface area contributed by atoms with E-state index >= 15 is 0 Å². The number of hydrogen-bond donors (Lipinski definition) is 1. The first-order chi connectivity index (χ1) is 16.2. The normalized spacial score (nSPS) is 23.5. The Balaban J connectivity index is 1.74. The number of likely N-dealkylation sites (N-methyl/N-ethyl adjacent to an activating group) is 1. The second-order valence-corrected chi connectivity index (χ2v) is 11.2. The molecule has 1 aromatic heterocycles. The van der Waals surface area contributed by atoms with Gasteiger partial charge >= 0.3 is 0 Å². The van der Waals surface area contributed by atoms with Crippen molar-refractivity contribution in [2.75, 3.05) is 26.7 Å². The van der Waals surface area contributed by atoms with Crippen molar-refractivity contribution in [1.82, 2.24) is 19.2 Å². The minimum Gasteiger partial charge on any atom is -0.487 e. The fourth-order valence-corrected chi connectivity index (χ4v) is 6.22. The molecule has 0 unspecified atom stereocenters. The minimum absolute atomic E-state index is 0.0401. The molecule has 1 aromatic carbocycles. The Bertz CT molecular complexity index is 1120. The van der Waals surface area contributed by atoms with Crippen molar-refractivity contribution < 1.29 is 23.1 Å². The number of rotatable bonds is 6. The SMILES string of the molecule is C[C@@H]1CN([C@@H](C)CO)S(=O)(=O)c2ccc(-c3cncnc3)cc2O[C@@H]1CN(C)C(=O)C1CCC1. The van der Waals surface area contributed by atoms with Gasteiger partial charge in [-0.25, -0.2) is 18.4 Å². The Hall–Kier alpha value is -2.56. The van der Waals surface area contributed by atoms with E-state index in [1.807, 2.05) is 6.92 Å². The summed E-state index contributed by atoms with van der Waals surface area (Å²) in [5.74, 6) is 0.166. The molecule has 1 fully saturated rings. The van der Waals surface area contributed by atoms with E-state index < -0.39 is 22.2 Å². The van der Waals surface area contributed by atoms with Crippen molar-refractivity contribution in [3.63, 3.8) is 0 Å². The minimum atomic E-state index is -3.93. The number of benzene rings is 1. The summed E-state index contributed by atoms with van der Waals surface area (Å²) in [7, 11) is -2.15. The van der Waals surface area contributed by atoms with E-state index in [2.05, 4.69) is 9.97 Å². The Morgan fingerprint density at radius 1 is 1.26 bits per heavy atom. The maximum Gasteiger partial charge on any atom is 0.247 e. The molecule has 184 valence electrons. The lowest BCUT2D eigenvalue weighted by Crippen LogP contribution is -2.50. The first-order valence-corrected chi connectivity index (χ1v) is 13.1. The quantitative estimate of drug-likeness (QED) is 0.663. The number of amides is 1. The van der Waals surface area contributed by atoms with Crippen molar-refractivity contribution in [3.05, 3.63) is 36.9 Å². The molecule has 3 atom stereocenters. The van der Waals surface area contributed by atoms with Crippen LogP contribution in [0.4, 0.5) is 0 Å². The average Bonchev–Trinajstić information content (AvgIpc) is 2.79. The summed E-state index contributed by atoms with van der Waals surface area (Å²) in [6, 6.07) is 4.31. The summed E-state index contributed by atoms with van der Waals surface area (Å²) >= 11 is 0. The number of carbonyl (C=O) groups is 1. The van der Waals surface area contributed by atoms with E-state index in [9.17, 15) is 18.3 Å². The predicted octanol–water partition coefficient (Wildman–Crippen LogP) is 2.17. The molecule has 0 bridgehead atoms. The molecule has 9 nitrogen and oxygen atoms in total. The van der Waals surface area contributed by atoms with Crippen LogP contribution in [0.3, 0.4) is 0 Å². The molecular formula is C24H32N4O5S. The molecule has 1 aliphatic carbocycles. The maximum absolute atomic E-state index is 13.6. The Morgan fingerprint density at radius 3 is 2.59 bits per heavy atom. The van der Waals surface area contributed by atoms with Crippen LogP contribution in [0.25, 0.3) is 11.1 Å². The van der Waals surface area contributed by atoms with Crippen LogP contribution >= 0.6 is 0 Å². The first kappa shape index (κ1) is 24.6. The summed E-state index contributed by atoms with van der Waals surface area (Å²) in [4.78, 5) is 22.6. The number of ether oxygens (including phenoxy) is 1. The molecule has 2 aliphatic rings. The summed E-state index contributed by atoms with van der Waals surface area (Å²) in [5, 5.41) is 9.78. The molecule has 0 radical (unpaired) electrons. The number of aliphatic hydroxyl groups excluding tert-OH is 1. The molecule has 0 saturated heterocycles. The van der Waals surface area contributed by atoms with Gasteiger partial charge in [0.2, 0.25) is 15.9 Å². The van der Waals surface area contributed by atoms with Crippen LogP contribution in [-0.2, 0) is 14.8 Å². The van der Waals surface area contributed by atoms with Gasteiger partial charge in [-0.1, -0.05) is 19.4 Å². The molecule has 1 saturated carbocycles. The summed E-state index contributed by atoms with van der Waals surface area (Å²) in [5.41, 5.74) is 1.46. The van der Waals surface area contributed by atoms with Crippen molar-refractivity contribution >= 4 is 15.9 Å². The van der Waals surface area contributed by atoms with Crippen LogP contribution in [0.1, 0.15) is 33.1 Å². The van der Waals surface area contributed by atoms with Gasteiger partial charge in [-0.3, -0.25) is 4.79 Å². The van der Waals surface area contributed by atoms with E-state index in [4.69, 9.17) is 4.74 Å². The zero-order chi connectivity index (χ0) is 24.5. The standard InChI is InChI=1S/C24H32N4O5S/c1-16-12-28(17(2)14-29)34(31,32)23-8-7-19(20-10-25-15-26-11-20)9-21(23)33-22(16)13-27(3)24(30)18-5-4-6-18/h7-11,15-18,22,29H,4-6,12-14H2,1-3H3/t16-,17+,22-/m1/s1. The highest BCUT2D eigenvalue weighted by atomic mass is 32.2. The Labute approximate surface area is 200 Å².